The van der Waals surface area contributed by atoms with Gasteiger partial charge in [-0.25, -0.2) is 4.79 Å². The maximum Gasteiger partial charge on any atom is 0.327 e. The Hall–Kier alpha value is -0.710. The fourth-order valence-electron chi connectivity index (χ4n) is 1.43. The predicted octanol–water partition coefficient (Wildman–Crippen LogP) is 2.28. The van der Waals surface area contributed by atoms with Gasteiger partial charge in [-0.05, 0) is 12.2 Å². The van der Waals surface area contributed by atoms with Crippen molar-refractivity contribution in [2.45, 2.75) is 52.0 Å². The molecule has 0 bridgehead atoms. The van der Waals surface area contributed by atoms with E-state index in [1.54, 1.807) is 11.8 Å². The highest BCUT2D eigenvalue weighted by Crippen LogP contribution is 2.10. The maximum absolute atomic E-state index is 10.8. The number of carbonyl (C=O) groups excluding carboxylic acids is 1. The lowest BCUT2D eigenvalue weighted by Crippen LogP contribution is -2.41. The molecule has 100 valence electrons. The van der Waals surface area contributed by atoms with E-state index in [0.29, 0.717) is 5.75 Å². The van der Waals surface area contributed by atoms with Crippen LogP contribution in [0.1, 0.15) is 46.0 Å². The number of carboxylic acid groups (broad SMARTS) is 1. The van der Waals surface area contributed by atoms with E-state index in [1.807, 2.05) is 0 Å². The Kier molecular flexibility index (Phi) is 10.0. The first kappa shape index (κ1) is 16.3. The van der Waals surface area contributed by atoms with Crippen LogP contribution in [0.2, 0.25) is 0 Å². The van der Waals surface area contributed by atoms with Gasteiger partial charge in [0.1, 0.15) is 6.04 Å². The average molecular weight is 261 g/mol. The molecule has 1 atom stereocenters. The molecular weight excluding hydrogens is 238 g/mol. The molecule has 0 aliphatic carbocycles. The summed E-state index contributed by atoms with van der Waals surface area (Å²) in [5.74, 6) is 0.162. The quantitative estimate of drug-likeness (QED) is 0.592. The fraction of sp³-hybridized carbons (Fsp3) is 0.833. The summed E-state index contributed by atoms with van der Waals surface area (Å²) in [6.07, 6.45) is 6.09. The van der Waals surface area contributed by atoms with Gasteiger partial charge in [0.05, 0.1) is 0 Å². The Morgan fingerprint density at radius 2 is 1.88 bits per heavy atom. The lowest BCUT2D eigenvalue weighted by Gasteiger charge is -2.12. The van der Waals surface area contributed by atoms with Crippen LogP contribution in [-0.4, -0.2) is 34.5 Å². The summed E-state index contributed by atoms with van der Waals surface area (Å²) in [5.41, 5.74) is 0. The van der Waals surface area contributed by atoms with E-state index in [1.165, 1.54) is 32.6 Å². The number of aliphatic carboxylic acids is 1. The van der Waals surface area contributed by atoms with Crippen molar-refractivity contribution in [1.82, 2.24) is 5.32 Å². The van der Waals surface area contributed by atoms with E-state index < -0.39 is 12.0 Å². The molecule has 0 aromatic heterocycles. The van der Waals surface area contributed by atoms with Gasteiger partial charge in [0, 0.05) is 12.7 Å². The van der Waals surface area contributed by atoms with E-state index in [9.17, 15) is 9.59 Å². The molecule has 2 N–H and O–H groups in total. The first-order chi connectivity index (χ1) is 8.07. The van der Waals surface area contributed by atoms with Crippen molar-refractivity contribution >= 4 is 23.6 Å². The molecule has 0 rings (SSSR count). The molecule has 4 nitrogen and oxygen atoms in total. The van der Waals surface area contributed by atoms with Crippen molar-refractivity contribution in [3.8, 4) is 0 Å². The van der Waals surface area contributed by atoms with E-state index in [4.69, 9.17) is 5.11 Å². The number of unbranched alkanes of at least 4 members (excludes halogenated alkanes) is 4. The molecule has 0 saturated carbocycles. The second kappa shape index (κ2) is 10.4. The lowest BCUT2D eigenvalue weighted by molar-refractivity contribution is -0.140. The molecule has 0 spiro atoms. The van der Waals surface area contributed by atoms with Gasteiger partial charge in [-0.3, -0.25) is 4.79 Å². The third kappa shape index (κ3) is 10.2. The zero-order valence-electron chi connectivity index (χ0n) is 10.7. The van der Waals surface area contributed by atoms with Crippen molar-refractivity contribution in [2.75, 3.05) is 11.5 Å². The molecule has 0 saturated heterocycles. The second-order valence-corrected chi connectivity index (χ2v) is 5.23. The van der Waals surface area contributed by atoms with Gasteiger partial charge in [0.25, 0.3) is 0 Å². The molecule has 0 aliphatic rings. The summed E-state index contributed by atoms with van der Waals surface area (Å²) in [6, 6.07) is -0.756. The standard InChI is InChI=1S/C12H23NO3S/c1-3-4-5-6-7-8-17-9-11(12(15)16)13-10(2)14/h11H,3-9H2,1-2H3,(H,13,14)(H,15,16). The lowest BCUT2D eigenvalue weighted by atomic mass is 10.2. The van der Waals surface area contributed by atoms with Crippen LogP contribution in [0.3, 0.4) is 0 Å². The molecule has 0 heterocycles. The summed E-state index contributed by atoms with van der Waals surface area (Å²) in [5, 5.41) is 11.3. The first-order valence-electron chi connectivity index (χ1n) is 6.15. The number of carboxylic acids is 1. The topological polar surface area (TPSA) is 66.4 Å². The third-order valence-electron chi connectivity index (χ3n) is 2.35. The zero-order valence-corrected chi connectivity index (χ0v) is 11.5. The molecule has 1 amide bonds. The number of carbonyl (C=O) groups is 2. The highest BCUT2D eigenvalue weighted by atomic mass is 32.2. The molecule has 1 unspecified atom stereocenters. The highest BCUT2D eigenvalue weighted by molar-refractivity contribution is 7.99. The van der Waals surface area contributed by atoms with Crippen LogP contribution in [-0.2, 0) is 9.59 Å². The van der Waals surface area contributed by atoms with Crippen molar-refractivity contribution < 1.29 is 14.7 Å². The van der Waals surface area contributed by atoms with Crippen LogP contribution in [0.5, 0.6) is 0 Å². The molecule has 0 aromatic carbocycles. The largest absolute Gasteiger partial charge is 0.480 e. The van der Waals surface area contributed by atoms with E-state index >= 15 is 0 Å². The summed E-state index contributed by atoms with van der Waals surface area (Å²) in [4.78, 5) is 21.6. The van der Waals surface area contributed by atoms with Crippen LogP contribution >= 0.6 is 11.8 Å². The number of rotatable bonds is 10. The van der Waals surface area contributed by atoms with Crippen molar-refractivity contribution in [2.24, 2.45) is 0 Å². The normalized spacial score (nSPS) is 12.1. The molecule has 5 heteroatoms. The van der Waals surface area contributed by atoms with Gasteiger partial charge in [-0.15, -0.1) is 0 Å². The summed E-state index contributed by atoms with van der Waals surface area (Å²) in [7, 11) is 0. The van der Waals surface area contributed by atoms with Crippen LogP contribution in [0, 0.1) is 0 Å². The Bertz CT molecular complexity index is 234. The number of hydrogen-bond acceptors (Lipinski definition) is 3. The minimum Gasteiger partial charge on any atom is -0.480 e. The predicted molar refractivity (Wildman–Crippen MR) is 71.3 cm³/mol. The average Bonchev–Trinajstić information content (AvgIpc) is 2.25. The highest BCUT2D eigenvalue weighted by Gasteiger charge is 2.17. The zero-order chi connectivity index (χ0) is 13.1. The molecular formula is C12H23NO3S. The number of thioether (sulfide) groups is 1. The third-order valence-corrected chi connectivity index (χ3v) is 3.50. The smallest absolute Gasteiger partial charge is 0.327 e. The van der Waals surface area contributed by atoms with Gasteiger partial charge in [0.2, 0.25) is 5.91 Å². The Labute approximate surface area is 108 Å². The van der Waals surface area contributed by atoms with Crippen molar-refractivity contribution in [1.29, 1.82) is 0 Å². The fourth-order valence-corrected chi connectivity index (χ4v) is 2.47. The maximum atomic E-state index is 10.8. The monoisotopic (exact) mass is 261 g/mol. The summed E-state index contributed by atoms with van der Waals surface area (Å²) < 4.78 is 0. The van der Waals surface area contributed by atoms with Crippen LogP contribution in [0.25, 0.3) is 0 Å². The molecule has 0 aliphatic heterocycles. The van der Waals surface area contributed by atoms with Gasteiger partial charge in [0.15, 0.2) is 0 Å². The summed E-state index contributed by atoms with van der Waals surface area (Å²) in [6.45, 7) is 3.52. The second-order valence-electron chi connectivity index (χ2n) is 4.08. The first-order valence-corrected chi connectivity index (χ1v) is 7.31. The SMILES string of the molecule is CCCCCCCSCC(NC(C)=O)C(=O)O. The van der Waals surface area contributed by atoms with Crippen molar-refractivity contribution in [3.05, 3.63) is 0 Å². The van der Waals surface area contributed by atoms with Crippen molar-refractivity contribution in [3.63, 3.8) is 0 Å². The molecule has 0 aromatic rings. The molecule has 17 heavy (non-hydrogen) atoms. The van der Waals surface area contributed by atoms with E-state index in [-0.39, 0.29) is 5.91 Å². The number of amides is 1. The summed E-state index contributed by atoms with van der Waals surface area (Å²) >= 11 is 1.59. The van der Waals surface area contributed by atoms with E-state index in [0.717, 1.165) is 12.2 Å². The molecule has 0 radical (unpaired) electrons. The number of hydrogen-bond donors (Lipinski definition) is 2. The minimum absolute atomic E-state index is 0.291. The van der Waals surface area contributed by atoms with E-state index in [2.05, 4.69) is 12.2 Å². The van der Waals surface area contributed by atoms with Crippen LogP contribution in [0.4, 0.5) is 0 Å². The van der Waals surface area contributed by atoms with Gasteiger partial charge < -0.3 is 10.4 Å². The van der Waals surface area contributed by atoms with Gasteiger partial charge in [-0.1, -0.05) is 32.6 Å². The Balaban J connectivity index is 3.55. The number of nitrogens with one attached hydrogen (secondary N) is 1. The minimum atomic E-state index is -0.960. The molecule has 0 fully saturated rings. The van der Waals surface area contributed by atoms with Gasteiger partial charge in [-0.2, -0.15) is 11.8 Å². The van der Waals surface area contributed by atoms with Gasteiger partial charge >= 0.3 is 5.97 Å². The van der Waals surface area contributed by atoms with Crippen LogP contribution in [0.15, 0.2) is 0 Å². The van der Waals surface area contributed by atoms with Crippen LogP contribution < -0.4 is 5.32 Å². The Morgan fingerprint density at radius 3 is 2.41 bits per heavy atom. The Morgan fingerprint density at radius 1 is 1.24 bits per heavy atom.